The van der Waals surface area contributed by atoms with Crippen molar-refractivity contribution in [1.82, 2.24) is 4.48 Å². The van der Waals surface area contributed by atoms with Crippen LogP contribution < -0.4 is 9.59 Å². The van der Waals surface area contributed by atoms with Gasteiger partial charge in [0, 0.05) is 11.0 Å². The second-order valence-electron chi connectivity index (χ2n) is 12.2. The Balaban J connectivity index is 0.000000171. The highest BCUT2D eigenvalue weighted by atomic mass is 16.3. The number of phenolic OH excluding ortho intramolecular Hbond substituents is 2. The minimum Gasteiger partial charge on any atom is -0.872 e. The molecule has 0 aliphatic carbocycles. The second kappa shape index (κ2) is 14.8. The van der Waals surface area contributed by atoms with Crippen molar-refractivity contribution in [1.29, 1.82) is 0 Å². The molecule has 7 aromatic carbocycles. The molecule has 2 N–H and O–H groups in total. The summed E-state index contributed by atoms with van der Waals surface area (Å²) in [6, 6.07) is 63.9. The van der Waals surface area contributed by atoms with Crippen molar-refractivity contribution < 1.29 is 15.3 Å². The number of nitrogens with zero attached hydrogens (tertiary/aromatic N) is 1. The fraction of sp³-hybridized carbons (Fsp3) is 0.0667. The normalized spacial score (nSPS) is 11.3. The molecule has 0 aromatic heterocycles. The molecule has 0 bridgehead atoms. The molecule has 4 heteroatoms. The lowest BCUT2D eigenvalue weighted by molar-refractivity contribution is -0.268. The number of hydrogen-bond acceptors (Lipinski definition) is 3. The van der Waals surface area contributed by atoms with E-state index in [-0.39, 0.29) is 17.2 Å². The summed E-state index contributed by atoms with van der Waals surface area (Å²) >= 11 is 0. The Kier molecular flexibility index (Phi) is 9.89. The van der Waals surface area contributed by atoms with Crippen molar-refractivity contribution in [2.75, 3.05) is 0 Å². The summed E-state index contributed by atoms with van der Waals surface area (Å²) in [7, 11) is 0. The molecule has 0 spiro atoms. The van der Waals surface area contributed by atoms with Crippen LogP contribution in [0.4, 0.5) is 17.1 Å². The molecular weight excluding hydrogens is 602 g/mol. The largest absolute Gasteiger partial charge is 0.872 e. The fourth-order valence-corrected chi connectivity index (χ4v) is 6.50. The Morgan fingerprint density at radius 1 is 0.429 bits per heavy atom. The molecule has 4 nitrogen and oxygen atoms in total. The molecule has 7 aromatic rings. The van der Waals surface area contributed by atoms with Gasteiger partial charge in [-0.15, -0.1) is 5.75 Å². The van der Waals surface area contributed by atoms with Gasteiger partial charge >= 0.3 is 0 Å². The molecule has 7 rings (SSSR count). The van der Waals surface area contributed by atoms with Gasteiger partial charge < -0.3 is 15.3 Å². The van der Waals surface area contributed by atoms with E-state index in [2.05, 4.69) is 128 Å². The van der Waals surface area contributed by atoms with E-state index in [1.165, 1.54) is 22.6 Å². The Labute approximate surface area is 288 Å². The van der Waals surface area contributed by atoms with Crippen LogP contribution in [-0.2, 0) is 12.0 Å². The van der Waals surface area contributed by atoms with Gasteiger partial charge in [0.1, 0.15) is 35.1 Å². The summed E-state index contributed by atoms with van der Waals surface area (Å²) in [4.78, 5) is 0. The van der Waals surface area contributed by atoms with Gasteiger partial charge in [0.2, 0.25) is 0 Å². The molecule has 0 heterocycles. The monoisotopic (exact) mass is 641 g/mol. The van der Waals surface area contributed by atoms with E-state index in [4.69, 9.17) is 0 Å². The third-order valence-electron chi connectivity index (χ3n) is 9.17. The van der Waals surface area contributed by atoms with Crippen LogP contribution in [0.25, 0.3) is 0 Å². The van der Waals surface area contributed by atoms with Gasteiger partial charge in [-0.05, 0) is 84.3 Å². The average molecular weight is 642 g/mol. The topological polar surface area (TPSA) is 63.5 Å². The van der Waals surface area contributed by atoms with Crippen molar-refractivity contribution in [3.05, 3.63) is 216 Å². The highest BCUT2D eigenvalue weighted by Gasteiger charge is 2.36. The minimum atomic E-state index is -0.505. The third kappa shape index (κ3) is 7.10. The summed E-state index contributed by atoms with van der Waals surface area (Å²) < 4.78 is 0.659. The van der Waals surface area contributed by atoms with Gasteiger partial charge in [-0.3, -0.25) is 0 Å². The SMILES string of the molecule is CC(c1ccc([O-])cc1)(c1ccc(O)cc1)c1ccc(O)cc1.c1ccc(C[N+](c2ccccc2)(c2ccccc2)c2ccccc2)cc1. The lowest BCUT2D eigenvalue weighted by Crippen LogP contribution is -2.38. The summed E-state index contributed by atoms with van der Waals surface area (Å²) in [5, 5.41) is 30.6. The average Bonchev–Trinajstić information content (AvgIpc) is 3.16. The molecular formula is C45H39NO3. The molecule has 0 saturated carbocycles. The second-order valence-corrected chi connectivity index (χ2v) is 12.2. The van der Waals surface area contributed by atoms with Crippen molar-refractivity contribution in [3.8, 4) is 17.2 Å². The zero-order valence-electron chi connectivity index (χ0n) is 27.4. The maximum Gasteiger partial charge on any atom is 0.143 e. The van der Waals surface area contributed by atoms with E-state index >= 15 is 0 Å². The lowest BCUT2D eigenvalue weighted by Gasteiger charge is -2.37. The highest BCUT2D eigenvalue weighted by Crippen LogP contribution is 2.45. The van der Waals surface area contributed by atoms with Crippen LogP contribution >= 0.6 is 0 Å². The zero-order chi connectivity index (χ0) is 34.1. The van der Waals surface area contributed by atoms with Gasteiger partial charge in [0.05, 0.1) is 0 Å². The predicted molar refractivity (Wildman–Crippen MR) is 198 cm³/mol. The van der Waals surface area contributed by atoms with Crippen molar-refractivity contribution in [3.63, 3.8) is 0 Å². The minimum absolute atomic E-state index is 0.0347. The Hall–Kier alpha value is -6.10. The lowest BCUT2D eigenvalue weighted by atomic mass is 9.71. The summed E-state index contributed by atoms with van der Waals surface area (Å²) in [5.74, 6) is 0.376. The standard InChI is InChI=1S/C25H22N.C20H18O3/c1-5-13-22(14-6-1)21-26(23-15-7-2-8-16-23,24-17-9-3-10-18-24)25-19-11-4-12-20-25;1-20(14-2-8-17(21)9-3-14,15-4-10-18(22)11-5-15)16-6-12-19(23)13-7-16/h1-20H,21H2;2-13,21-23H,1H3/q+1;/p-1. The molecule has 0 atom stereocenters. The Morgan fingerprint density at radius 2 is 0.735 bits per heavy atom. The first-order valence-corrected chi connectivity index (χ1v) is 16.3. The number of benzene rings is 7. The van der Waals surface area contributed by atoms with Crippen molar-refractivity contribution in [2.24, 2.45) is 0 Å². The first kappa shape index (κ1) is 32.8. The quantitative estimate of drug-likeness (QED) is 0.128. The number of hydrogen-bond donors (Lipinski definition) is 2. The molecule has 242 valence electrons. The van der Waals surface area contributed by atoms with Gasteiger partial charge in [-0.1, -0.05) is 133 Å². The van der Waals surface area contributed by atoms with Crippen molar-refractivity contribution >= 4 is 17.1 Å². The number of para-hydroxylation sites is 3. The Morgan fingerprint density at radius 3 is 1.08 bits per heavy atom. The van der Waals surface area contributed by atoms with Gasteiger partial charge in [0.15, 0.2) is 0 Å². The number of phenols is 2. The summed E-state index contributed by atoms with van der Waals surface area (Å²) in [6.07, 6.45) is 0. The maximum atomic E-state index is 11.4. The van der Waals surface area contributed by atoms with Crippen LogP contribution in [0.3, 0.4) is 0 Å². The van der Waals surface area contributed by atoms with E-state index in [1.807, 2.05) is 36.4 Å². The van der Waals surface area contributed by atoms with E-state index < -0.39 is 5.41 Å². The molecule has 0 radical (unpaired) electrons. The van der Waals surface area contributed by atoms with Gasteiger partial charge in [-0.25, -0.2) is 4.48 Å². The zero-order valence-corrected chi connectivity index (χ0v) is 27.4. The van der Waals surface area contributed by atoms with Crippen LogP contribution in [0.5, 0.6) is 17.2 Å². The van der Waals surface area contributed by atoms with E-state index in [0.717, 1.165) is 23.2 Å². The maximum absolute atomic E-state index is 11.4. The van der Waals surface area contributed by atoms with E-state index in [9.17, 15) is 15.3 Å². The van der Waals surface area contributed by atoms with Crippen LogP contribution in [0.15, 0.2) is 194 Å². The smallest absolute Gasteiger partial charge is 0.143 e. The van der Waals surface area contributed by atoms with Gasteiger partial charge in [0.25, 0.3) is 0 Å². The molecule has 49 heavy (non-hydrogen) atoms. The third-order valence-corrected chi connectivity index (χ3v) is 9.17. The molecule has 0 amide bonds. The van der Waals surface area contributed by atoms with Crippen LogP contribution in [0, 0.1) is 0 Å². The fourth-order valence-electron chi connectivity index (χ4n) is 6.50. The van der Waals surface area contributed by atoms with Crippen LogP contribution in [0.1, 0.15) is 29.2 Å². The van der Waals surface area contributed by atoms with Gasteiger partial charge in [-0.2, -0.15) is 0 Å². The van der Waals surface area contributed by atoms with E-state index in [1.54, 1.807) is 36.4 Å². The highest BCUT2D eigenvalue weighted by molar-refractivity contribution is 5.71. The number of aromatic hydroxyl groups is 2. The number of rotatable bonds is 8. The van der Waals surface area contributed by atoms with Crippen molar-refractivity contribution in [2.45, 2.75) is 18.9 Å². The first-order valence-electron chi connectivity index (χ1n) is 16.3. The molecule has 0 saturated heterocycles. The first-order chi connectivity index (χ1) is 23.9. The molecule has 0 aliphatic heterocycles. The molecule has 0 unspecified atom stereocenters. The number of quaternary nitrogens is 1. The summed E-state index contributed by atoms with van der Waals surface area (Å²) in [5.41, 5.74) is 7.52. The Bertz CT molecular complexity index is 1820. The summed E-state index contributed by atoms with van der Waals surface area (Å²) in [6.45, 7) is 2.92. The predicted octanol–water partition coefficient (Wildman–Crippen LogP) is 10.4. The van der Waals surface area contributed by atoms with E-state index in [0.29, 0.717) is 4.48 Å². The molecule has 0 fully saturated rings. The van der Waals surface area contributed by atoms with Crippen LogP contribution in [-0.4, -0.2) is 10.2 Å². The molecule has 0 aliphatic rings. The van der Waals surface area contributed by atoms with Crippen LogP contribution in [0.2, 0.25) is 0 Å².